The lowest BCUT2D eigenvalue weighted by molar-refractivity contribution is -0.693. The van der Waals surface area contributed by atoms with Crippen molar-refractivity contribution in [3.05, 3.63) is 97.1 Å². The largest absolute Gasteiger partial charge is 0.384 e. The first-order chi connectivity index (χ1) is 19.7. The van der Waals surface area contributed by atoms with E-state index in [1.54, 1.807) is 0 Å². The Hall–Kier alpha value is -3.63. The van der Waals surface area contributed by atoms with Crippen LogP contribution in [0.1, 0.15) is 13.8 Å². The first kappa shape index (κ1) is 29.4. The van der Waals surface area contributed by atoms with E-state index < -0.39 is 0 Å². The molecule has 8 nitrogen and oxygen atoms in total. The molecule has 0 spiro atoms. The molecule has 4 rings (SSSR count). The van der Waals surface area contributed by atoms with Crippen molar-refractivity contribution in [2.45, 2.75) is 20.4 Å². The van der Waals surface area contributed by atoms with Crippen LogP contribution in [0.25, 0.3) is 0 Å². The van der Waals surface area contributed by atoms with Gasteiger partial charge in [0.2, 0.25) is 0 Å². The molecule has 1 aliphatic rings. The van der Waals surface area contributed by atoms with Gasteiger partial charge in [0.25, 0.3) is 0 Å². The van der Waals surface area contributed by atoms with Gasteiger partial charge in [-0.15, -0.1) is 0 Å². The van der Waals surface area contributed by atoms with Crippen LogP contribution < -0.4 is 15.2 Å². The number of allylic oxidation sites excluding steroid dienone is 1. The molecule has 0 saturated carbocycles. The molecule has 0 unspecified atom stereocenters. The molecule has 0 aliphatic carbocycles. The molecule has 10 heteroatoms. The highest BCUT2D eigenvalue weighted by atomic mass is 33.1. The fourth-order valence-electron chi connectivity index (χ4n) is 3.67. The third-order valence-electron chi connectivity index (χ3n) is 6.04. The summed E-state index contributed by atoms with van der Waals surface area (Å²) in [4.78, 5) is 2.22. The Morgan fingerprint density at radius 3 is 1.73 bits per heavy atom. The van der Waals surface area contributed by atoms with Gasteiger partial charge >= 0.3 is 0 Å². The molecule has 0 atom stereocenters. The van der Waals surface area contributed by atoms with Crippen LogP contribution in [0.4, 0.5) is 28.4 Å². The number of hydrogen-bond acceptors (Lipinski definition) is 9. The van der Waals surface area contributed by atoms with Crippen molar-refractivity contribution in [3.63, 3.8) is 0 Å². The van der Waals surface area contributed by atoms with Crippen LogP contribution in [0, 0.1) is 0 Å². The fourth-order valence-corrected chi connectivity index (χ4v) is 5.49. The smallest absolute Gasteiger partial charge is 0.170 e. The van der Waals surface area contributed by atoms with Crippen LogP contribution in [0.5, 0.6) is 0 Å². The SMILES string of the molecule is CCN1C=CC(N=Nc2ccc(NCCSSCCNc3ccc(N=Nc4cc[n+](CC)cc4)cc3)cc2)=CC1. The lowest BCUT2D eigenvalue weighted by atomic mass is 10.3. The molecule has 3 aromatic rings. The van der Waals surface area contributed by atoms with E-state index in [2.05, 4.69) is 78.8 Å². The lowest BCUT2D eigenvalue weighted by Gasteiger charge is -2.18. The standard InChI is InChI=1S/C30H36N8S2/c1-3-37-19-13-29(14-20-37)35-33-27-9-5-25(6-10-27)31-17-23-39-40-24-18-32-26-7-11-28(12-8-26)34-36-30-15-21-38(4-2)22-16-30/h5-16,19-21H,3-4,17-18,22-24H2,1-2H3,(H,32,36)/p+1. The number of benzene rings is 2. The van der Waals surface area contributed by atoms with E-state index in [-0.39, 0.29) is 0 Å². The third-order valence-corrected chi connectivity index (χ3v) is 8.45. The molecule has 0 bridgehead atoms. The zero-order chi connectivity index (χ0) is 27.8. The van der Waals surface area contributed by atoms with Crippen molar-refractivity contribution in [2.24, 2.45) is 20.5 Å². The first-order valence-electron chi connectivity index (χ1n) is 13.6. The second-order valence-electron chi connectivity index (χ2n) is 8.91. The molecular formula is C30H37N8S2+. The predicted molar refractivity (Wildman–Crippen MR) is 170 cm³/mol. The Labute approximate surface area is 245 Å². The van der Waals surface area contributed by atoms with E-state index in [9.17, 15) is 0 Å². The minimum Gasteiger partial charge on any atom is -0.384 e. The number of rotatable bonds is 15. The van der Waals surface area contributed by atoms with E-state index in [0.717, 1.165) is 78.4 Å². The number of aromatic nitrogens is 1. The van der Waals surface area contributed by atoms with E-state index >= 15 is 0 Å². The normalized spacial score (nSPS) is 13.2. The molecule has 0 amide bonds. The Balaban J connectivity index is 1.05. The first-order valence-corrected chi connectivity index (χ1v) is 16.1. The van der Waals surface area contributed by atoms with Gasteiger partial charge in [-0.05, 0) is 74.5 Å². The second kappa shape index (κ2) is 16.5. The van der Waals surface area contributed by atoms with Crippen LogP contribution in [0.3, 0.4) is 0 Å². The number of aryl methyl sites for hydroxylation is 1. The number of likely N-dealkylation sites (N-methyl/N-ethyl adjacent to an activating group) is 1. The van der Waals surface area contributed by atoms with Gasteiger partial charge in [0.15, 0.2) is 12.4 Å². The maximum Gasteiger partial charge on any atom is 0.170 e. The van der Waals surface area contributed by atoms with Crippen LogP contribution in [0.15, 0.2) is 118 Å². The van der Waals surface area contributed by atoms with Gasteiger partial charge in [-0.2, -0.15) is 20.5 Å². The average molecular weight is 574 g/mol. The zero-order valence-corrected chi connectivity index (χ0v) is 24.7. The monoisotopic (exact) mass is 573 g/mol. The predicted octanol–water partition coefficient (Wildman–Crippen LogP) is 8.13. The molecular weight excluding hydrogens is 537 g/mol. The average Bonchev–Trinajstić information content (AvgIpc) is 3.02. The number of anilines is 2. The molecule has 2 aromatic carbocycles. The molecule has 2 heterocycles. The summed E-state index contributed by atoms with van der Waals surface area (Å²) in [7, 11) is 3.76. The summed E-state index contributed by atoms with van der Waals surface area (Å²) in [5.74, 6) is 2.06. The van der Waals surface area contributed by atoms with Gasteiger partial charge in [-0.1, -0.05) is 21.6 Å². The minimum absolute atomic E-state index is 0.840. The van der Waals surface area contributed by atoms with Crippen molar-refractivity contribution < 1.29 is 4.57 Å². The van der Waals surface area contributed by atoms with Crippen molar-refractivity contribution >= 4 is 50.0 Å². The van der Waals surface area contributed by atoms with Gasteiger partial charge < -0.3 is 15.5 Å². The van der Waals surface area contributed by atoms with Gasteiger partial charge in [0.1, 0.15) is 6.54 Å². The highest BCUT2D eigenvalue weighted by Crippen LogP contribution is 2.23. The van der Waals surface area contributed by atoms with E-state index in [0.29, 0.717) is 0 Å². The van der Waals surface area contributed by atoms with E-state index in [1.165, 1.54) is 0 Å². The summed E-state index contributed by atoms with van der Waals surface area (Å²) in [6.07, 6.45) is 10.2. The van der Waals surface area contributed by atoms with Gasteiger partial charge in [-0.3, -0.25) is 0 Å². The highest BCUT2D eigenvalue weighted by molar-refractivity contribution is 8.76. The van der Waals surface area contributed by atoms with Crippen LogP contribution in [-0.2, 0) is 6.54 Å². The third kappa shape index (κ3) is 10.2. The summed E-state index contributed by atoms with van der Waals surface area (Å²) in [5, 5.41) is 24.3. The summed E-state index contributed by atoms with van der Waals surface area (Å²) < 4.78 is 2.09. The molecule has 208 valence electrons. The number of pyridine rings is 1. The topological polar surface area (TPSA) is 80.6 Å². The van der Waals surface area contributed by atoms with Crippen LogP contribution in [-0.4, -0.2) is 42.6 Å². The molecule has 1 aliphatic heterocycles. The Bertz CT molecular complexity index is 1290. The number of nitrogens with zero attached hydrogens (tertiary/aromatic N) is 6. The molecule has 0 radical (unpaired) electrons. The van der Waals surface area contributed by atoms with E-state index in [1.807, 2.05) is 88.6 Å². The van der Waals surface area contributed by atoms with Crippen molar-refractivity contribution in [1.29, 1.82) is 0 Å². The number of nitrogens with one attached hydrogen (secondary N) is 2. The lowest BCUT2D eigenvalue weighted by Crippen LogP contribution is -2.30. The number of hydrogen-bond donors (Lipinski definition) is 2. The van der Waals surface area contributed by atoms with Crippen molar-refractivity contribution in [3.8, 4) is 0 Å². The van der Waals surface area contributed by atoms with Crippen LogP contribution in [0.2, 0.25) is 0 Å². The Morgan fingerprint density at radius 2 is 1.25 bits per heavy atom. The molecule has 0 saturated heterocycles. The maximum absolute atomic E-state index is 4.35. The van der Waals surface area contributed by atoms with E-state index in [4.69, 9.17) is 0 Å². The Morgan fingerprint density at radius 1 is 0.725 bits per heavy atom. The fraction of sp³-hybridized carbons (Fsp3) is 0.300. The summed E-state index contributed by atoms with van der Waals surface area (Å²) in [5.41, 5.74) is 5.63. The summed E-state index contributed by atoms with van der Waals surface area (Å²) in [6, 6.07) is 20.1. The Kier molecular flexibility index (Phi) is 12.1. The number of azo groups is 2. The second-order valence-corrected chi connectivity index (χ2v) is 11.6. The summed E-state index contributed by atoms with van der Waals surface area (Å²) in [6.45, 7) is 8.90. The van der Waals surface area contributed by atoms with Gasteiger partial charge in [0, 0.05) is 67.4 Å². The van der Waals surface area contributed by atoms with Crippen LogP contribution >= 0.6 is 21.6 Å². The highest BCUT2D eigenvalue weighted by Gasteiger charge is 2.02. The van der Waals surface area contributed by atoms with Crippen molar-refractivity contribution in [2.75, 3.05) is 48.3 Å². The molecule has 0 fully saturated rings. The van der Waals surface area contributed by atoms with Gasteiger partial charge in [-0.25, -0.2) is 4.57 Å². The quantitative estimate of drug-likeness (QED) is 0.0830. The minimum atomic E-state index is 0.840. The van der Waals surface area contributed by atoms with Crippen molar-refractivity contribution in [1.82, 2.24) is 4.90 Å². The zero-order valence-electron chi connectivity index (χ0n) is 23.1. The molecule has 2 N–H and O–H groups in total. The molecule has 40 heavy (non-hydrogen) atoms. The molecule has 1 aromatic heterocycles. The van der Waals surface area contributed by atoms with Gasteiger partial charge in [0.05, 0.1) is 22.8 Å². The maximum atomic E-state index is 4.35. The summed E-state index contributed by atoms with van der Waals surface area (Å²) >= 11 is 0.